The number of para-hydroxylation sites is 1. The number of ether oxygens (including phenoxy) is 1. The largest absolute Gasteiger partial charge is 0.482 e. The van der Waals surface area contributed by atoms with Crippen LogP contribution < -0.4 is 15.5 Å². The Balaban J connectivity index is 1.68. The van der Waals surface area contributed by atoms with Gasteiger partial charge in [0.1, 0.15) is 5.75 Å². The van der Waals surface area contributed by atoms with Crippen molar-refractivity contribution in [2.45, 2.75) is 6.92 Å². The molecule has 0 aromatic heterocycles. The van der Waals surface area contributed by atoms with Crippen LogP contribution in [0.4, 0.5) is 5.69 Å². The molecule has 2 amide bonds. The molecule has 0 spiro atoms. The summed E-state index contributed by atoms with van der Waals surface area (Å²) >= 11 is 12.7. The molecule has 0 saturated carbocycles. The molecule has 6 nitrogen and oxygen atoms in total. The maximum Gasteiger partial charge on any atom is 0.271 e. The molecule has 0 aliphatic heterocycles. The van der Waals surface area contributed by atoms with Gasteiger partial charge >= 0.3 is 0 Å². The van der Waals surface area contributed by atoms with Crippen LogP contribution in [0, 0.1) is 6.92 Å². The monoisotopic (exact) mass is 577 g/mol. The quantitative estimate of drug-likeness (QED) is 0.268. The van der Waals surface area contributed by atoms with Crippen molar-refractivity contribution < 1.29 is 14.3 Å². The Bertz CT molecular complexity index is 1170. The summed E-state index contributed by atoms with van der Waals surface area (Å²) in [5, 5.41) is 7.37. The van der Waals surface area contributed by atoms with Crippen LogP contribution in [0.15, 0.2) is 74.7 Å². The molecule has 9 heteroatoms. The lowest BCUT2D eigenvalue weighted by atomic mass is 10.2. The molecule has 3 aromatic carbocycles. The Morgan fingerprint density at radius 2 is 1.81 bits per heavy atom. The second-order valence-corrected chi connectivity index (χ2v) is 8.87. The van der Waals surface area contributed by atoms with E-state index in [0.717, 1.165) is 15.7 Å². The number of carbonyl (C=O) groups is 2. The predicted octanol–water partition coefficient (Wildman–Crippen LogP) is 5.95. The molecule has 0 radical (unpaired) electrons. The Morgan fingerprint density at radius 3 is 2.53 bits per heavy atom. The first-order valence-corrected chi connectivity index (χ1v) is 11.4. The number of hydrogen-bond acceptors (Lipinski definition) is 4. The van der Waals surface area contributed by atoms with Crippen molar-refractivity contribution in [3.05, 3.63) is 91.3 Å². The van der Waals surface area contributed by atoms with Gasteiger partial charge in [0, 0.05) is 26.3 Å². The van der Waals surface area contributed by atoms with Gasteiger partial charge in [-0.05, 0) is 70.9 Å². The van der Waals surface area contributed by atoms with Gasteiger partial charge in [-0.3, -0.25) is 9.59 Å². The van der Waals surface area contributed by atoms with E-state index >= 15 is 0 Å². The van der Waals surface area contributed by atoms with Crippen LogP contribution in [0.3, 0.4) is 0 Å². The molecular formula is C23H18Br2ClN3O3. The molecule has 3 aromatic rings. The first-order chi connectivity index (χ1) is 15.3. The first kappa shape index (κ1) is 24.0. The minimum absolute atomic E-state index is 0.202. The maximum absolute atomic E-state index is 12.4. The highest BCUT2D eigenvalue weighted by Crippen LogP contribution is 2.32. The molecule has 2 N–H and O–H groups in total. The molecule has 0 aliphatic carbocycles. The number of aryl methyl sites for hydroxylation is 1. The summed E-state index contributed by atoms with van der Waals surface area (Å²) in [6, 6.07) is 17.5. The standard InChI is InChI=1S/C23H18Br2ClN3O3/c1-14-4-2-3-5-20(14)28-21(30)13-32-22-16(10-17(24)11-19(22)25)12-27-29-23(31)15-6-8-18(26)9-7-15/h2-12H,13H2,1H3,(H,28,30)(H,29,31)/b27-12+. The highest BCUT2D eigenvalue weighted by molar-refractivity contribution is 9.11. The van der Waals surface area contributed by atoms with Crippen LogP contribution >= 0.6 is 43.5 Å². The minimum atomic E-state index is -0.382. The molecular weight excluding hydrogens is 562 g/mol. The third-order valence-corrected chi connectivity index (χ3v) is 5.58. The van der Waals surface area contributed by atoms with Crippen molar-refractivity contribution in [3.63, 3.8) is 0 Å². The van der Waals surface area contributed by atoms with E-state index in [-0.39, 0.29) is 18.4 Å². The molecule has 0 aliphatic rings. The Kier molecular flexibility index (Phi) is 8.44. The van der Waals surface area contributed by atoms with Gasteiger partial charge < -0.3 is 10.1 Å². The van der Waals surface area contributed by atoms with Crippen LogP contribution in [0.1, 0.15) is 21.5 Å². The number of amides is 2. The zero-order valence-corrected chi connectivity index (χ0v) is 20.8. The summed E-state index contributed by atoms with van der Waals surface area (Å²) < 4.78 is 7.15. The topological polar surface area (TPSA) is 79.8 Å². The minimum Gasteiger partial charge on any atom is -0.482 e. The average molecular weight is 580 g/mol. The predicted molar refractivity (Wildman–Crippen MR) is 134 cm³/mol. The molecule has 0 bridgehead atoms. The van der Waals surface area contributed by atoms with Gasteiger partial charge in [-0.15, -0.1) is 0 Å². The van der Waals surface area contributed by atoms with Crippen molar-refractivity contribution >= 4 is 67.2 Å². The van der Waals surface area contributed by atoms with Crippen molar-refractivity contribution in [2.75, 3.05) is 11.9 Å². The lowest BCUT2D eigenvalue weighted by Crippen LogP contribution is -2.21. The molecule has 32 heavy (non-hydrogen) atoms. The third kappa shape index (κ3) is 6.66. The van der Waals surface area contributed by atoms with Crippen LogP contribution in [-0.2, 0) is 4.79 Å². The van der Waals surface area contributed by atoms with Crippen molar-refractivity contribution in [2.24, 2.45) is 5.10 Å². The normalized spacial score (nSPS) is 10.8. The van der Waals surface area contributed by atoms with Gasteiger partial charge in [-0.1, -0.05) is 45.7 Å². The van der Waals surface area contributed by atoms with E-state index in [1.54, 1.807) is 36.4 Å². The highest BCUT2D eigenvalue weighted by Gasteiger charge is 2.12. The molecule has 0 unspecified atom stereocenters. The number of carbonyl (C=O) groups excluding carboxylic acids is 2. The fraction of sp³-hybridized carbons (Fsp3) is 0.0870. The number of nitrogens with zero attached hydrogens (tertiary/aromatic N) is 1. The molecule has 0 heterocycles. The van der Waals surface area contributed by atoms with Crippen molar-refractivity contribution in [1.82, 2.24) is 5.43 Å². The first-order valence-electron chi connectivity index (χ1n) is 9.40. The van der Waals surface area contributed by atoms with Crippen molar-refractivity contribution in [3.8, 4) is 5.75 Å². The number of rotatable bonds is 7. The Hall–Kier alpha value is -2.68. The van der Waals surface area contributed by atoms with Crippen LogP contribution in [0.25, 0.3) is 0 Å². The summed E-state index contributed by atoms with van der Waals surface area (Å²) in [4.78, 5) is 24.6. The lowest BCUT2D eigenvalue weighted by molar-refractivity contribution is -0.118. The second-order valence-electron chi connectivity index (χ2n) is 6.66. The smallest absolute Gasteiger partial charge is 0.271 e. The van der Waals surface area contributed by atoms with E-state index in [4.69, 9.17) is 16.3 Å². The number of halogens is 3. The molecule has 3 rings (SSSR count). The van der Waals surface area contributed by atoms with E-state index < -0.39 is 0 Å². The Labute approximate surface area is 207 Å². The summed E-state index contributed by atoms with van der Waals surface area (Å²) in [6.07, 6.45) is 1.44. The highest BCUT2D eigenvalue weighted by atomic mass is 79.9. The molecule has 0 saturated heterocycles. The maximum atomic E-state index is 12.4. The fourth-order valence-electron chi connectivity index (χ4n) is 2.69. The van der Waals surface area contributed by atoms with Gasteiger partial charge in [-0.25, -0.2) is 5.43 Å². The van der Waals surface area contributed by atoms with Crippen LogP contribution in [-0.4, -0.2) is 24.6 Å². The van der Waals surface area contributed by atoms with Gasteiger partial charge in [0.15, 0.2) is 6.61 Å². The average Bonchev–Trinajstić information content (AvgIpc) is 2.75. The number of nitrogens with one attached hydrogen (secondary N) is 2. The molecule has 164 valence electrons. The number of anilines is 1. The van der Waals surface area contributed by atoms with E-state index in [1.807, 2.05) is 31.2 Å². The van der Waals surface area contributed by atoms with Gasteiger partial charge in [0.2, 0.25) is 0 Å². The Morgan fingerprint density at radius 1 is 1.09 bits per heavy atom. The molecule has 0 atom stereocenters. The van der Waals surface area contributed by atoms with Gasteiger partial charge in [-0.2, -0.15) is 5.10 Å². The van der Waals surface area contributed by atoms with Gasteiger partial charge in [0.05, 0.1) is 10.7 Å². The zero-order chi connectivity index (χ0) is 23.1. The third-order valence-electron chi connectivity index (χ3n) is 4.28. The van der Waals surface area contributed by atoms with Crippen LogP contribution in [0.2, 0.25) is 5.02 Å². The van der Waals surface area contributed by atoms with E-state index in [0.29, 0.717) is 26.4 Å². The zero-order valence-electron chi connectivity index (χ0n) is 16.9. The van der Waals surface area contributed by atoms with Gasteiger partial charge in [0.25, 0.3) is 11.8 Å². The summed E-state index contributed by atoms with van der Waals surface area (Å²) in [5.74, 6) is -0.266. The number of benzene rings is 3. The summed E-state index contributed by atoms with van der Waals surface area (Å²) in [6.45, 7) is 1.71. The SMILES string of the molecule is Cc1ccccc1NC(=O)COc1c(Br)cc(Br)cc1/C=N/NC(=O)c1ccc(Cl)cc1. The lowest BCUT2D eigenvalue weighted by Gasteiger charge is -2.13. The number of hydrogen-bond donors (Lipinski definition) is 2. The van der Waals surface area contributed by atoms with Crippen molar-refractivity contribution in [1.29, 1.82) is 0 Å². The van der Waals surface area contributed by atoms with E-state index in [1.165, 1.54) is 6.21 Å². The van der Waals surface area contributed by atoms with E-state index in [9.17, 15) is 9.59 Å². The second kappa shape index (κ2) is 11.3. The van der Waals surface area contributed by atoms with E-state index in [2.05, 4.69) is 47.7 Å². The summed E-state index contributed by atoms with van der Waals surface area (Å²) in [5.41, 5.74) is 5.12. The van der Waals surface area contributed by atoms with Crippen LogP contribution in [0.5, 0.6) is 5.75 Å². The fourth-order valence-corrected chi connectivity index (χ4v) is 4.19. The summed E-state index contributed by atoms with van der Waals surface area (Å²) in [7, 11) is 0. The number of hydrazone groups is 1. The molecule has 0 fully saturated rings.